The summed E-state index contributed by atoms with van der Waals surface area (Å²) in [5.41, 5.74) is 1.40. The highest BCUT2D eigenvalue weighted by molar-refractivity contribution is 6.36. The predicted molar refractivity (Wildman–Crippen MR) is 133 cm³/mol. The topological polar surface area (TPSA) is 52.7 Å². The van der Waals surface area contributed by atoms with E-state index in [0.29, 0.717) is 43.3 Å². The maximum absolute atomic E-state index is 13.1. The lowest BCUT2D eigenvalue weighted by Crippen LogP contribution is -2.19. The molecule has 3 aromatic rings. The van der Waals surface area contributed by atoms with E-state index in [2.05, 4.69) is 10.2 Å². The zero-order valence-corrected chi connectivity index (χ0v) is 20.4. The summed E-state index contributed by atoms with van der Waals surface area (Å²) in [6.07, 6.45) is -4.44. The van der Waals surface area contributed by atoms with Gasteiger partial charge in [-0.25, -0.2) is 9.36 Å². The molecule has 5 rings (SSSR count). The van der Waals surface area contributed by atoms with Gasteiger partial charge in [0.05, 0.1) is 28.5 Å². The van der Waals surface area contributed by atoms with Crippen molar-refractivity contribution in [1.82, 2.24) is 19.6 Å². The van der Waals surface area contributed by atoms with Crippen LogP contribution < -0.4 is 5.56 Å². The van der Waals surface area contributed by atoms with E-state index in [4.69, 9.17) is 34.8 Å². The van der Waals surface area contributed by atoms with E-state index in [1.165, 1.54) is 16.8 Å². The highest BCUT2D eigenvalue weighted by Gasteiger charge is 2.30. The highest BCUT2D eigenvalue weighted by atomic mass is 35.5. The Bertz CT molecular complexity index is 1590. The first-order valence-corrected chi connectivity index (χ1v) is 11.6. The number of rotatable bonds is 4. The number of aromatic nitrogens is 4. The Balaban J connectivity index is 1.64. The van der Waals surface area contributed by atoms with Crippen LogP contribution >= 0.6 is 34.8 Å². The molecule has 0 aromatic heterocycles. The maximum atomic E-state index is 13.1. The van der Waals surface area contributed by atoms with E-state index in [-0.39, 0.29) is 12.2 Å². The predicted octanol–water partition coefficient (Wildman–Crippen LogP) is 7.23. The van der Waals surface area contributed by atoms with E-state index in [0.717, 1.165) is 12.1 Å². The highest BCUT2D eigenvalue weighted by Crippen LogP contribution is 2.34. The van der Waals surface area contributed by atoms with Crippen molar-refractivity contribution in [2.24, 2.45) is 0 Å². The Morgan fingerprint density at radius 3 is 2.11 bits per heavy atom. The molecule has 11 heteroatoms. The quantitative estimate of drug-likeness (QED) is 0.238. The van der Waals surface area contributed by atoms with Gasteiger partial charge in [0.15, 0.2) is 5.69 Å². The molecule has 2 aliphatic heterocycles. The molecule has 0 saturated carbocycles. The molecular weight excluding hydrogens is 536 g/mol. The smallest absolute Gasteiger partial charge is 0.265 e. The lowest BCUT2D eigenvalue weighted by molar-refractivity contribution is -0.137. The Hall–Kier alpha value is -3.33. The van der Waals surface area contributed by atoms with E-state index < -0.39 is 17.3 Å². The minimum Gasteiger partial charge on any atom is -0.265 e. The summed E-state index contributed by atoms with van der Waals surface area (Å²) in [6.45, 7) is -0.0225. The third-order valence-corrected chi connectivity index (χ3v) is 6.30. The van der Waals surface area contributed by atoms with Gasteiger partial charge in [-0.1, -0.05) is 46.9 Å². The first-order chi connectivity index (χ1) is 17.1. The van der Waals surface area contributed by atoms with Crippen molar-refractivity contribution in [3.05, 3.63) is 109 Å². The van der Waals surface area contributed by atoms with E-state index in [9.17, 15) is 18.0 Å². The molecule has 0 unspecified atom stereocenters. The zero-order valence-electron chi connectivity index (χ0n) is 18.1. The van der Waals surface area contributed by atoms with E-state index in [1.807, 2.05) is 0 Å². The molecule has 2 aliphatic rings. The molecule has 0 radical (unpaired) electrons. The zero-order chi connectivity index (χ0) is 25.6. The van der Waals surface area contributed by atoms with Gasteiger partial charge in [-0.15, -0.1) is 0 Å². The van der Waals surface area contributed by atoms with Crippen molar-refractivity contribution in [3.63, 3.8) is 0 Å². The molecule has 0 bridgehead atoms. The molecule has 5 nitrogen and oxygen atoms in total. The van der Waals surface area contributed by atoms with Gasteiger partial charge in [0.2, 0.25) is 0 Å². The van der Waals surface area contributed by atoms with Gasteiger partial charge in [-0.2, -0.15) is 23.4 Å². The van der Waals surface area contributed by atoms with Crippen LogP contribution in [0.3, 0.4) is 0 Å². The second-order valence-corrected chi connectivity index (χ2v) is 9.21. The van der Waals surface area contributed by atoms with Gasteiger partial charge in [0.25, 0.3) is 5.56 Å². The normalized spacial score (nSPS) is 11.8. The fraction of sp³-hybridized carbons (Fsp3) is 0.0800. The summed E-state index contributed by atoms with van der Waals surface area (Å²) in [4.78, 5) is 13.1. The van der Waals surface area contributed by atoms with Crippen molar-refractivity contribution >= 4 is 34.8 Å². The van der Waals surface area contributed by atoms with Crippen LogP contribution in [0.25, 0.3) is 28.3 Å². The molecule has 0 atom stereocenters. The fourth-order valence-corrected chi connectivity index (χ4v) is 4.37. The van der Waals surface area contributed by atoms with Crippen molar-refractivity contribution in [3.8, 4) is 28.3 Å². The van der Waals surface area contributed by atoms with Crippen LogP contribution in [0.5, 0.6) is 0 Å². The first-order valence-electron chi connectivity index (χ1n) is 10.5. The molecule has 182 valence electrons. The molecule has 0 spiro atoms. The minimum absolute atomic E-state index is 0.0225. The standard InChI is InChI=1S/C25H14Cl3F3N4O/c26-16-5-8-18(9-6-16)35-22(19-10-7-17(27)11-20(19)28)12-21-23(33-35)24(36)34(32-21)13-14-1-3-15(4-2-14)25(29,30)31/h1-12H,13H2. The van der Waals surface area contributed by atoms with Crippen LogP contribution in [-0.2, 0) is 12.7 Å². The van der Waals surface area contributed by atoms with Gasteiger partial charge in [0, 0.05) is 15.6 Å². The monoisotopic (exact) mass is 548 g/mol. The molecule has 0 fully saturated rings. The van der Waals surface area contributed by atoms with Gasteiger partial charge in [0.1, 0.15) is 5.69 Å². The average Bonchev–Trinajstić information content (AvgIpc) is 3.13. The SMILES string of the molecule is O=c1c2nn(-c3ccc(Cl)cc3)c(-c3ccc(Cl)cc3Cl)cc-2nn1Cc1ccc(C(F)(F)F)cc1. The van der Waals surface area contributed by atoms with Gasteiger partial charge >= 0.3 is 6.18 Å². The molecule has 2 heterocycles. The second-order valence-electron chi connectivity index (χ2n) is 7.93. The molecular formula is C25H14Cl3F3N4O. The van der Waals surface area contributed by atoms with Crippen LogP contribution in [0.2, 0.25) is 15.1 Å². The number of hydrogen-bond acceptors (Lipinski definition) is 3. The maximum Gasteiger partial charge on any atom is 0.416 e. The minimum atomic E-state index is -4.44. The fourth-order valence-electron chi connectivity index (χ4n) is 3.74. The Morgan fingerprint density at radius 1 is 0.806 bits per heavy atom. The summed E-state index contributed by atoms with van der Waals surface area (Å²) < 4.78 is 41.3. The van der Waals surface area contributed by atoms with Gasteiger partial charge in [-0.05, 0) is 66.2 Å². The number of alkyl halides is 3. The van der Waals surface area contributed by atoms with Crippen LogP contribution in [0, 0.1) is 0 Å². The van der Waals surface area contributed by atoms with Crippen LogP contribution in [-0.4, -0.2) is 19.6 Å². The molecule has 0 saturated heterocycles. The first kappa shape index (κ1) is 24.4. The van der Waals surface area contributed by atoms with Crippen LogP contribution in [0.15, 0.2) is 77.6 Å². The van der Waals surface area contributed by atoms with Crippen LogP contribution in [0.4, 0.5) is 13.2 Å². The number of benzene rings is 3. The number of nitrogens with zero attached hydrogens (tertiary/aromatic N) is 4. The van der Waals surface area contributed by atoms with Crippen molar-refractivity contribution in [2.75, 3.05) is 0 Å². The largest absolute Gasteiger partial charge is 0.416 e. The summed E-state index contributed by atoms with van der Waals surface area (Å²) >= 11 is 18.6. The molecule has 0 N–H and O–H groups in total. The summed E-state index contributed by atoms with van der Waals surface area (Å²) in [5.74, 6) is 0. The summed E-state index contributed by atoms with van der Waals surface area (Å²) in [5, 5.41) is 10.3. The van der Waals surface area contributed by atoms with E-state index >= 15 is 0 Å². The summed E-state index contributed by atoms with van der Waals surface area (Å²) in [6, 6.07) is 18.1. The molecule has 36 heavy (non-hydrogen) atoms. The molecule has 0 amide bonds. The Labute approximate surface area is 217 Å². The Morgan fingerprint density at radius 2 is 1.47 bits per heavy atom. The molecule has 0 aliphatic carbocycles. The lowest BCUT2D eigenvalue weighted by atomic mass is 10.1. The van der Waals surface area contributed by atoms with Crippen molar-refractivity contribution in [1.29, 1.82) is 0 Å². The van der Waals surface area contributed by atoms with Gasteiger partial charge in [-0.3, -0.25) is 4.79 Å². The second kappa shape index (κ2) is 9.28. The lowest BCUT2D eigenvalue weighted by Gasteiger charge is -2.15. The number of halogens is 6. The number of hydrogen-bond donors (Lipinski definition) is 0. The van der Waals surface area contributed by atoms with Crippen molar-refractivity contribution < 1.29 is 13.2 Å². The van der Waals surface area contributed by atoms with Crippen LogP contribution in [0.1, 0.15) is 11.1 Å². The van der Waals surface area contributed by atoms with Gasteiger partial charge < -0.3 is 0 Å². The average molecular weight is 550 g/mol. The molecule has 3 aromatic carbocycles. The third-order valence-electron chi connectivity index (χ3n) is 5.50. The van der Waals surface area contributed by atoms with E-state index in [1.54, 1.807) is 53.2 Å². The number of fused-ring (bicyclic) bond motifs is 1. The van der Waals surface area contributed by atoms with Crippen molar-refractivity contribution in [2.45, 2.75) is 12.7 Å². The third kappa shape index (κ3) is 4.72. The summed E-state index contributed by atoms with van der Waals surface area (Å²) in [7, 11) is 0. The Kier molecular flexibility index (Phi) is 6.28.